The molecule has 1 atom stereocenters. The van der Waals surface area contributed by atoms with E-state index >= 15 is 0 Å². The smallest absolute Gasteiger partial charge is 0.123 e. The van der Waals surface area contributed by atoms with Crippen LogP contribution in [0.4, 0.5) is 4.39 Å². The second-order valence-electron chi connectivity index (χ2n) is 3.80. The Bertz CT molecular complexity index is 477. The maximum absolute atomic E-state index is 12.7. The molecule has 3 heteroatoms. The third-order valence-corrected chi connectivity index (χ3v) is 3.43. The Morgan fingerprint density at radius 3 is 1.88 bits per heavy atom. The van der Waals surface area contributed by atoms with E-state index in [1.807, 2.05) is 24.3 Å². The molecule has 2 aromatic rings. The summed E-state index contributed by atoms with van der Waals surface area (Å²) >= 11 is 1.57. The van der Waals surface area contributed by atoms with Crippen molar-refractivity contribution in [1.29, 1.82) is 0 Å². The molecule has 1 N–H and O–H groups in total. The molecule has 1 unspecified atom stereocenters. The molecule has 0 fully saturated rings. The van der Waals surface area contributed by atoms with Gasteiger partial charge < -0.3 is 5.11 Å². The van der Waals surface area contributed by atoms with Crippen LogP contribution in [-0.2, 0) is 0 Å². The monoisotopic (exact) mass is 248 g/mol. The van der Waals surface area contributed by atoms with Crippen molar-refractivity contribution in [3.63, 3.8) is 0 Å². The van der Waals surface area contributed by atoms with E-state index in [0.717, 1.165) is 15.4 Å². The molecule has 0 saturated carbocycles. The molecule has 0 bridgehead atoms. The van der Waals surface area contributed by atoms with Gasteiger partial charge in [-0.05, 0) is 48.9 Å². The first-order valence-electron chi connectivity index (χ1n) is 5.36. The Hall–Kier alpha value is -1.32. The minimum atomic E-state index is -0.445. The van der Waals surface area contributed by atoms with Gasteiger partial charge in [-0.15, -0.1) is 0 Å². The molecule has 0 heterocycles. The second kappa shape index (κ2) is 5.34. The summed E-state index contributed by atoms with van der Waals surface area (Å²) in [5, 5.41) is 9.39. The number of aliphatic hydroxyl groups is 1. The number of halogens is 1. The molecule has 0 aliphatic rings. The van der Waals surface area contributed by atoms with Crippen LogP contribution in [0.15, 0.2) is 58.3 Å². The fourth-order valence-electron chi connectivity index (χ4n) is 1.45. The Balaban J connectivity index is 2.11. The van der Waals surface area contributed by atoms with Crippen LogP contribution in [0.3, 0.4) is 0 Å². The highest BCUT2D eigenvalue weighted by atomic mass is 32.2. The van der Waals surface area contributed by atoms with E-state index in [1.54, 1.807) is 30.8 Å². The van der Waals surface area contributed by atoms with Crippen LogP contribution >= 0.6 is 11.8 Å². The summed E-state index contributed by atoms with van der Waals surface area (Å²) in [5.74, 6) is -0.223. The standard InChI is InChI=1S/C14H13FOS/c1-10(16)11-2-6-13(7-3-11)17-14-8-4-12(15)5-9-14/h2-10,16H,1H3. The first kappa shape index (κ1) is 12.1. The molecule has 0 radical (unpaired) electrons. The van der Waals surface area contributed by atoms with E-state index in [9.17, 15) is 9.50 Å². The van der Waals surface area contributed by atoms with E-state index in [4.69, 9.17) is 0 Å². The summed E-state index contributed by atoms with van der Waals surface area (Å²) in [6, 6.07) is 14.1. The van der Waals surface area contributed by atoms with Crippen molar-refractivity contribution in [3.05, 3.63) is 59.9 Å². The largest absolute Gasteiger partial charge is 0.389 e. The first-order valence-corrected chi connectivity index (χ1v) is 6.18. The summed E-state index contributed by atoms with van der Waals surface area (Å²) in [6.07, 6.45) is -0.445. The Morgan fingerprint density at radius 1 is 0.941 bits per heavy atom. The van der Waals surface area contributed by atoms with Gasteiger partial charge in [0, 0.05) is 9.79 Å². The maximum atomic E-state index is 12.7. The Labute approximate surface area is 104 Å². The molecule has 17 heavy (non-hydrogen) atoms. The van der Waals surface area contributed by atoms with Gasteiger partial charge in [-0.25, -0.2) is 4.39 Å². The van der Waals surface area contributed by atoms with Crippen molar-refractivity contribution < 1.29 is 9.50 Å². The highest BCUT2D eigenvalue weighted by Crippen LogP contribution is 2.28. The van der Waals surface area contributed by atoms with E-state index in [2.05, 4.69) is 0 Å². The summed E-state index contributed by atoms with van der Waals surface area (Å²) in [6.45, 7) is 1.74. The topological polar surface area (TPSA) is 20.2 Å². The highest BCUT2D eigenvalue weighted by Gasteiger charge is 2.01. The zero-order valence-corrected chi connectivity index (χ0v) is 10.2. The SMILES string of the molecule is CC(O)c1ccc(Sc2ccc(F)cc2)cc1. The Kier molecular flexibility index (Phi) is 3.82. The van der Waals surface area contributed by atoms with Crippen molar-refractivity contribution in [2.24, 2.45) is 0 Å². The lowest BCUT2D eigenvalue weighted by molar-refractivity contribution is 0.199. The number of hydrogen-bond donors (Lipinski definition) is 1. The van der Waals surface area contributed by atoms with Gasteiger partial charge in [0.05, 0.1) is 6.10 Å². The van der Waals surface area contributed by atoms with Crippen molar-refractivity contribution in [2.45, 2.75) is 22.8 Å². The van der Waals surface area contributed by atoms with E-state index in [0.29, 0.717) is 0 Å². The normalized spacial score (nSPS) is 12.4. The molecule has 2 rings (SSSR count). The molecule has 0 aliphatic carbocycles. The minimum Gasteiger partial charge on any atom is -0.389 e. The fourth-order valence-corrected chi connectivity index (χ4v) is 2.27. The van der Waals surface area contributed by atoms with E-state index in [1.165, 1.54) is 12.1 Å². The van der Waals surface area contributed by atoms with Gasteiger partial charge in [0.2, 0.25) is 0 Å². The summed E-state index contributed by atoms with van der Waals surface area (Å²) in [7, 11) is 0. The van der Waals surface area contributed by atoms with Gasteiger partial charge in [0.25, 0.3) is 0 Å². The zero-order valence-electron chi connectivity index (χ0n) is 9.43. The molecule has 0 amide bonds. The lowest BCUT2D eigenvalue weighted by Crippen LogP contribution is -1.89. The molecule has 2 aromatic carbocycles. The van der Waals surface area contributed by atoms with Crippen LogP contribution in [0.2, 0.25) is 0 Å². The van der Waals surface area contributed by atoms with Gasteiger partial charge in [0.1, 0.15) is 5.82 Å². The first-order chi connectivity index (χ1) is 8.15. The van der Waals surface area contributed by atoms with Crippen molar-refractivity contribution in [3.8, 4) is 0 Å². The van der Waals surface area contributed by atoms with Gasteiger partial charge >= 0.3 is 0 Å². The fraction of sp³-hybridized carbons (Fsp3) is 0.143. The number of aliphatic hydroxyl groups excluding tert-OH is 1. The van der Waals surface area contributed by atoms with Crippen molar-refractivity contribution in [1.82, 2.24) is 0 Å². The molecule has 0 saturated heterocycles. The third-order valence-electron chi connectivity index (χ3n) is 2.41. The average molecular weight is 248 g/mol. The maximum Gasteiger partial charge on any atom is 0.123 e. The molecule has 1 nitrogen and oxygen atoms in total. The van der Waals surface area contributed by atoms with Gasteiger partial charge in [0.15, 0.2) is 0 Å². The lowest BCUT2D eigenvalue weighted by Gasteiger charge is -2.06. The zero-order chi connectivity index (χ0) is 12.3. The summed E-state index contributed by atoms with van der Waals surface area (Å²) in [5.41, 5.74) is 0.897. The van der Waals surface area contributed by atoms with Crippen molar-refractivity contribution >= 4 is 11.8 Å². The highest BCUT2D eigenvalue weighted by molar-refractivity contribution is 7.99. The molecule has 0 aliphatic heterocycles. The predicted octanol–water partition coefficient (Wildman–Crippen LogP) is 4.03. The molecule has 88 valence electrons. The minimum absolute atomic E-state index is 0.223. The average Bonchev–Trinajstić information content (AvgIpc) is 2.33. The number of hydrogen-bond acceptors (Lipinski definition) is 2. The van der Waals surface area contributed by atoms with Crippen LogP contribution in [0, 0.1) is 5.82 Å². The van der Waals surface area contributed by atoms with Crippen LogP contribution in [-0.4, -0.2) is 5.11 Å². The van der Waals surface area contributed by atoms with Crippen molar-refractivity contribution in [2.75, 3.05) is 0 Å². The van der Waals surface area contributed by atoms with Gasteiger partial charge in [-0.3, -0.25) is 0 Å². The molecular weight excluding hydrogens is 235 g/mol. The summed E-state index contributed by atoms with van der Waals surface area (Å²) < 4.78 is 12.7. The molecule has 0 aromatic heterocycles. The second-order valence-corrected chi connectivity index (χ2v) is 4.95. The number of rotatable bonds is 3. The quantitative estimate of drug-likeness (QED) is 0.885. The van der Waals surface area contributed by atoms with Crippen LogP contribution < -0.4 is 0 Å². The van der Waals surface area contributed by atoms with Gasteiger partial charge in [-0.2, -0.15) is 0 Å². The summed E-state index contributed by atoms with van der Waals surface area (Å²) in [4.78, 5) is 2.07. The van der Waals surface area contributed by atoms with E-state index < -0.39 is 6.10 Å². The van der Waals surface area contributed by atoms with Crippen LogP contribution in [0.25, 0.3) is 0 Å². The lowest BCUT2D eigenvalue weighted by atomic mass is 10.1. The van der Waals surface area contributed by atoms with Crippen LogP contribution in [0.5, 0.6) is 0 Å². The molecular formula is C14H13FOS. The Morgan fingerprint density at radius 2 is 1.41 bits per heavy atom. The van der Waals surface area contributed by atoms with E-state index in [-0.39, 0.29) is 5.82 Å². The predicted molar refractivity (Wildman–Crippen MR) is 67.6 cm³/mol. The van der Waals surface area contributed by atoms with Crippen LogP contribution in [0.1, 0.15) is 18.6 Å². The number of benzene rings is 2. The molecule has 0 spiro atoms. The van der Waals surface area contributed by atoms with Gasteiger partial charge in [-0.1, -0.05) is 23.9 Å². The third kappa shape index (κ3) is 3.32.